The van der Waals surface area contributed by atoms with Crippen molar-refractivity contribution in [3.05, 3.63) is 58.6 Å². The molecule has 0 amide bonds. The SMILES string of the molecule is CCNC(CCc1ccccn1)Cc1cncc(Br)c1. The number of nitrogens with zero attached hydrogens (tertiary/aromatic N) is 2. The van der Waals surface area contributed by atoms with E-state index in [0.29, 0.717) is 6.04 Å². The van der Waals surface area contributed by atoms with Crippen LogP contribution in [-0.2, 0) is 12.8 Å². The monoisotopic (exact) mass is 333 g/mol. The smallest absolute Gasteiger partial charge is 0.0410 e. The molecule has 2 aromatic rings. The molecular weight excluding hydrogens is 314 g/mol. The average Bonchev–Trinajstić information content (AvgIpc) is 2.46. The number of likely N-dealkylation sites (N-methyl/N-ethyl adjacent to an activating group) is 1. The van der Waals surface area contributed by atoms with Crippen LogP contribution in [0.5, 0.6) is 0 Å². The van der Waals surface area contributed by atoms with Crippen molar-refractivity contribution in [3.63, 3.8) is 0 Å². The van der Waals surface area contributed by atoms with Gasteiger partial charge >= 0.3 is 0 Å². The summed E-state index contributed by atoms with van der Waals surface area (Å²) in [7, 11) is 0. The molecule has 4 heteroatoms. The first-order valence-electron chi connectivity index (χ1n) is 7.00. The van der Waals surface area contributed by atoms with Crippen molar-refractivity contribution in [2.24, 2.45) is 0 Å². The molecule has 2 aromatic heterocycles. The van der Waals surface area contributed by atoms with Gasteiger partial charge in [0.15, 0.2) is 0 Å². The van der Waals surface area contributed by atoms with E-state index >= 15 is 0 Å². The molecule has 1 N–H and O–H groups in total. The Kier molecular flexibility index (Phi) is 6.15. The molecule has 2 rings (SSSR count). The van der Waals surface area contributed by atoms with Gasteiger partial charge in [-0.25, -0.2) is 0 Å². The lowest BCUT2D eigenvalue weighted by atomic mass is 10.0. The zero-order valence-electron chi connectivity index (χ0n) is 11.7. The lowest BCUT2D eigenvalue weighted by molar-refractivity contribution is 0.488. The minimum absolute atomic E-state index is 0.457. The van der Waals surface area contributed by atoms with Crippen molar-refractivity contribution < 1.29 is 0 Å². The summed E-state index contributed by atoms with van der Waals surface area (Å²) in [4.78, 5) is 8.61. The second kappa shape index (κ2) is 8.12. The van der Waals surface area contributed by atoms with Crippen LogP contribution in [0, 0.1) is 0 Å². The Morgan fingerprint density at radius 2 is 2.20 bits per heavy atom. The van der Waals surface area contributed by atoms with Gasteiger partial charge in [0.1, 0.15) is 0 Å². The molecule has 0 spiro atoms. The zero-order chi connectivity index (χ0) is 14.2. The minimum Gasteiger partial charge on any atom is -0.314 e. The molecule has 0 saturated heterocycles. The van der Waals surface area contributed by atoms with E-state index in [1.807, 2.05) is 30.7 Å². The first-order chi connectivity index (χ1) is 9.78. The number of hydrogen-bond acceptors (Lipinski definition) is 3. The third-order valence-corrected chi connectivity index (χ3v) is 3.65. The van der Waals surface area contributed by atoms with Crippen LogP contribution >= 0.6 is 15.9 Å². The van der Waals surface area contributed by atoms with Gasteiger partial charge in [-0.05, 0) is 65.5 Å². The fourth-order valence-corrected chi connectivity index (χ4v) is 2.70. The number of hydrogen-bond donors (Lipinski definition) is 1. The van der Waals surface area contributed by atoms with Gasteiger partial charge in [0.05, 0.1) is 0 Å². The highest BCUT2D eigenvalue weighted by molar-refractivity contribution is 9.10. The Bertz CT molecular complexity index is 516. The van der Waals surface area contributed by atoms with Crippen molar-refractivity contribution in [2.45, 2.75) is 32.2 Å². The number of halogens is 1. The summed E-state index contributed by atoms with van der Waals surface area (Å²) in [5.41, 5.74) is 2.41. The van der Waals surface area contributed by atoms with Crippen LogP contribution < -0.4 is 5.32 Å². The van der Waals surface area contributed by atoms with Crippen LogP contribution in [0.1, 0.15) is 24.6 Å². The molecular formula is C16H20BrN3. The Hall–Kier alpha value is -1.26. The summed E-state index contributed by atoms with van der Waals surface area (Å²) in [5.74, 6) is 0. The van der Waals surface area contributed by atoms with Crippen molar-refractivity contribution in [3.8, 4) is 0 Å². The Morgan fingerprint density at radius 3 is 2.90 bits per heavy atom. The van der Waals surface area contributed by atoms with Crippen molar-refractivity contribution >= 4 is 15.9 Å². The molecule has 0 fully saturated rings. The molecule has 1 unspecified atom stereocenters. The minimum atomic E-state index is 0.457. The fourth-order valence-electron chi connectivity index (χ4n) is 2.29. The number of nitrogens with one attached hydrogen (secondary N) is 1. The van der Waals surface area contributed by atoms with Crippen LogP contribution in [-0.4, -0.2) is 22.6 Å². The van der Waals surface area contributed by atoms with E-state index in [9.17, 15) is 0 Å². The van der Waals surface area contributed by atoms with Crippen LogP contribution in [0.25, 0.3) is 0 Å². The molecule has 2 heterocycles. The lowest BCUT2D eigenvalue weighted by Gasteiger charge is -2.17. The third-order valence-electron chi connectivity index (χ3n) is 3.21. The van der Waals surface area contributed by atoms with Gasteiger partial charge in [0.2, 0.25) is 0 Å². The molecule has 0 aromatic carbocycles. The van der Waals surface area contributed by atoms with Crippen molar-refractivity contribution in [1.29, 1.82) is 0 Å². The summed E-state index contributed by atoms with van der Waals surface area (Å²) in [6.07, 6.45) is 8.69. The largest absolute Gasteiger partial charge is 0.314 e. The van der Waals surface area contributed by atoms with Gasteiger partial charge in [-0.3, -0.25) is 9.97 Å². The van der Waals surface area contributed by atoms with E-state index in [1.54, 1.807) is 0 Å². The average molecular weight is 334 g/mol. The highest BCUT2D eigenvalue weighted by Gasteiger charge is 2.09. The van der Waals surface area contributed by atoms with Gasteiger partial charge in [0, 0.05) is 34.8 Å². The van der Waals surface area contributed by atoms with E-state index in [2.05, 4.69) is 50.3 Å². The van der Waals surface area contributed by atoms with Crippen LogP contribution in [0.15, 0.2) is 47.3 Å². The van der Waals surface area contributed by atoms with Crippen molar-refractivity contribution in [2.75, 3.05) is 6.54 Å². The van der Waals surface area contributed by atoms with Gasteiger partial charge in [-0.1, -0.05) is 13.0 Å². The molecule has 0 aliphatic carbocycles. The summed E-state index contributed by atoms with van der Waals surface area (Å²) < 4.78 is 1.04. The Morgan fingerprint density at radius 1 is 1.30 bits per heavy atom. The van der Waals surface area contributed by atoms with E-state index in [1.165, 1.54) is 5.56 Å². The molecule has 3 nitrogen and oxygen atoms in total. The van der Waals surface area contributed by atoms with Crippen molar-refractivity contribution in [1.82, 2.24) is 15.3 Å². The molecule has 20 heavy (non-hydrogen) atoms. The van der Waals surface area contributed by atoms with Crippen LogP contribution in [0.3, 0.4) is 0 Å². The van der Waals surface area contributed by atoms with E-state index in [-0.39, 0.29) is 0 Å². The predicted octanol–water partition coefficient (Wildman–Crippen LogP) is 3.39. The Labute approximate surface area is 129 Å². The van der Waals surface area contributed by atoms with E-state index in [4.69, 9.17) is 0 Å². The van der Waals surface area contributed by atoms with E-state index < -0.39 is 0 Å². The summed E-state index contributed by atoms with van der Waals surface area (Å²) in [5, 5.41) is 3.55. The number of rotatable bonds is 7. The van der Waals surface area contributed by atoms with Gasteiger partial charge in [-0.2, -0.15) is 0 Å². The molecule has 0 bridgehead atoms. The topological polar surface area (TPSA) is 37.8 Å². The van der Waals surface area contributed by atoms with Gasteiger partial charge in [-0.15, -0.1) is 0 Å². The summed E-state index contributed by atoms with van der Waals surface area (Å²) >= 11 is 3.47. The molecule has 0 aliphatic rings. The lowest BCUT2D eigenvalue weighted by Crippen LogP contribution is -2.31. The quantitative estimate of drug-likeness (QED) is 0.843. The number of aryl methyl sites for hydroxylation is 1. The number of aromatic nitrogens is 2. The highest BCUT2D eigenvalue weighted by atomic mass is 79.9. The van der Waals surface area contributed by atoms with Gasteiger partial charge in [0.25, 0.3) is 0 Å². The normalized spacial score (nSPS) is 12.3. The number of pyridine rings is 2. The fraction of sp³-hybridized carbons (Fsp3) is 0.375. The molecule has 0 radical (unpaired) electrons. The standard InChI is InChI=1S/C16H20BrN3/c1-2-19-16(7-6-15-5-3-4-8-20-15)10-13-9-14(17)12-18-11-13/h3-5,8-9,11-12,16,19H,2,6-7,10H2,1H3. The second-order valence-electron chi connectivity index (χ2n) is 4.83. The highest BCUT2D eigenvalue weighted by Crippen LogP contribution is 2.13. The van der Waals surface area contributed by atoms with Crippen LogP contribution in [0.2, 0.25) is 0 Å². The maximum absolute atomic E-state index is 4.38. The van der Waals surface area contributed by atoms with E-state index in [0.717, 1.165) is 36.0 Å². The summed E-state index contributed by atoms with van der Waals surface area (Å²) in [6, 6.07) is 8.68. The first-order valence-corrected chi connectivity index (χ1v) is 7.80. The molecule has 0 aliphatic heterocycles. The van der Waals surface area contributed by atoms with Crippen LogP contribution in [0.4, 0.5) is 0 Å². The maximum Gasteiger partial charge on any atom is 0.0410 e. The summed E-state index contributed by atoms with van der Waals surface area (Å²) in [6.45, 7) is 3.13. The maximum atomic E-state index is 4.38. The first kappa shape index (κ1) is 15.1. The predicted molar refractivity (Wildman–Crippen MR) is 85.7 cm³/mol. The third kappa shape index (κ3) is 5.02. The Balaban J connectivity index is 1.93. The zero-order valence-corrected chi connectivity index (χ0v) is 13.3. The molecule has 106 valence electrons. The van der Waals surface area contributed by atoms with Gasteiger partial charge < -0.3 is 5.32 Å². The molecule has 1 atom stereocenters. The second-order valence-corrected chi connectivity index (χ2v) is 5.75. The molecule has 0 saturated carbocycles.